The van der Waals surface area contributed by atoms with Crippen LogP contribution in [0, 0.1) is 0 Å². The van der Waals surface area contributed by atoms with Crippen LogP contribution in [0.2, 0.25) is 0 Å². The van der Waals surface area contributed by atoms with Gasteiger partial charge in [0.15, 0.2) is 5.78 Å². The molecule has 0 rings (SSSR count). The van der Waals surface area contributed by atoms with Gasteiger partial charge in [-0.2, -0.15) is 0 Å². The number of allylic oxidation sites excluding steroid dienone is 1. The van der Waals surface area contributed by atoms with Gasteiger partial charge in [-0.3, -0.25) is 9.59 Å². The molecule has 0 aromatic heterocycles. The lowest BCUT2D eigenvalue weighted by Crippen LogP contribution is -2.22. The van der Waals surface area contributed by atoms with E-state index >= 15 is 0 Å². The third-order valence-corrected chi connectivity index (χ3v) is 0.752. The first kappa shape index (κ1) is 7.88. The van der Waals surface area contributed by atoms with Crippen molar-refractivity contribution in [1.29, 1.82) is 0 Å². The Morgan fingerprint density at radius 1 is 1.33 bits per heavy atom. The van der Waals surface area contributed by atoms with Gasteiger partial charge in [0.1, 0.15) is 0 Å². The van der Waals surface area contributed by atoms with Gasteiger partial charge in [-0.1, -0.05) is 6.58 Å². The van der Waals surface area contributed by atoms with Crippen molar-refractivity contribution >= 4 is 11.7 Å². The van der Waals surface area contributed by atoms with Crippen LogP contribution in [0.15, 0.2) is 12.3 Å². The average Bonchev–Trinajstić information content (AvgIpc) is 1.63. The summed E-state index contributed by atoms with van der Waals surface area (Å²) in [6, 6.07) is 0. The number of nitrogens with one attached hydrogen (secondary N) is 1. The summed E-state index contributed by atoms with van der Waals surface area (Å²) in [5.74, 6) is -0.486. The van der Waals surface area contributed by atoms with Crippen molar-refractivity contribution in [2.45, 2.75) is 13.8 Å². The standard InChI is InChI=1S/C6H9NO2/c1-4(5(2)8)7-6(3)9/h1H2,2-3H3,(H,7,9). The molecule has 9 heavy (non-hydrogen) atoms. The molecular weight excluding hydrogens is 118 g/mol. The molecule has 0 spiro atoms. The number of hydrogen-bond acceptors (Lipinski definition) is 2. The van der Waals surface area contributed by atoms with Crippen LogP contribution in [0.25, 0.3) is 0 Å². The van der Waals surface area contributed by atoms with Gasteiger partial charge in [-0.05, 0) is 0 Å². The lowest BCUT2D eigenvalue weighted by atomic mass is 10.3. The molecule has 50 valence electrons. The topological polar surface area (TPSA) is 46.2 Å². The molecule has 0 saturated carbocycles. The van der Waals surface area contributed by atoms with Crippen molar-refractivity contribution in [3.8, 4) is 0 Å². The minimum absolute atomic E-state index is 0.141. The molecule has 0 aromatic carbocycles. The zero-order chi connectivity index (χ0) is 7.44. The highest BCUT2D eigenvalue weighted by atomic mass is 16.2. The van der Waals surface area contributed by atoms with Crippen LogP contribution in [0.5, 0.6) is 0 Å². The Balaban J connectivity index is 3.79. The van der Waals surface area contributed by atoms with Crippen molar-refractivity contribution in [2.75, 3.05) is 0 Å². The predicted octanol–water partition coefficient (Wildman–Crippen LogP) is 0.225. The van der Waals surface area contributed by atoms with Crippen LogP contribution in [-0.4, -0.2) is 11.7 Å². The van der Waals surface area contributed by atoms with Crippen LogP contribution >= 0.6 is 0 Å². The summed E-state index contributed by atoms with van der Waals surface area (Å²) in [6.07, 6.45) is 0. The molecule has 0 saturated heterocycles. The van der Waals surface area contributed by atoms with Crippen LogP contribution in [0.4, 0.5) is 0 Å². The molecule has 0 aliphatic carbocycles. The third kappa shape index (κ3) is 3.46. The average molecular weight is 127 g/mol. The number of carbonyl (C=O) groups is 2. The van der Waals surface area contributed by atoms with E-state index in [1.807, 2.05) is 0 Å². The Bertz CT molecular complexity index is 160. The molecule has 0 aliphatic rings. The largest absolute Gasteiger partial charge is 0.324 e. The molecular formula is C6H9NO2. The minimum Gasteiger partial charge on any atom is -0.324 e. The molecule has 0 radical (unpaired) electrons. The molecule has 0 bridgehead atoms. The van der Waals surface area contributed by atoms with Crippen LogP contribution in [0.3, 0.4) is 0 Å². The van der Waals surface area contributed by atoms with Crippen LogP contribution < -0.4 is 5.32 Å². The van der Waals surface area contributed by atoms with Crippen LogP contribution in [0.1, 0.15) is 13.8 Å². The molecule has 0 heterocycles. The highest BCUT2D eigenvalue weighted by Crippen LogP contribution is 1.83. The van der Waals surface area contributed by atoms with Gasteiger partial charge in [0.2, 0.25) is 5.91 Å². The van der Waals surface area contributed by atoms with Crippen LogP contribution in [-0.2, 0) is 9.59 Å². The lowest BCUT2D eigenvalue weighted by Gasteiger charge is -1.98. The second-order valence-corrected chi connectivity index (χ2v) is 1.72. The van der Waals surface area contributed by atoms with E-state index < -0.39 is 0 Å². The smallest absolute Gasteiger partial charge is 0.221 e. The first-order chi connectivity index (χ1) is 4.04. The van der Waals surface area contributed by atoms with E-state index in [0.717, 1.165) is 0 Å². The summed E-state index contributed by atoms with van der Waals surface area (Å²) >= 11 is 0. The molecule has 1 N–H and O–H groups in total. The van der Waals surface area contributed by atoms with E-state index in [-0.39, 0.29) is 17.4 Å². The maximum atomic E-state index is 10.4. The molecule has 0 aliphatic heterocycles. The van der Waals surface area contributed by atoms with Gasteiger partial charge in [0, 0.05) is 13.8 Å². The number of amides is 1. The monoisotopic (exact) mass is 127 g/mol. The van der Waals surface area contributed by atoms with E-state index in [1.54, 1.807) is 0 Å². The first-order valence-electron chi connectivity index (χ1n) is 2.51. The van der Waals surface area contributed by atoms with Crippen molar-refractivity contribution in [1.82, 2.24) is 5.32 Å². The Labute approximate surface area is 53.7 Å². The molecule has 0 atom stereocenters. The number of Topliss-reactive ketones (excluding diaryl/α,β-unsaturated/α-hetero) is 1. The lowest BCUT2D eigenvalue weighted by molar-refractivity contribution is -0.120. The molecule has 3 nitrogen and oxygen atoms in total. The van der Waals surface area contributed by atoms with Crippen molar-refractivity contribution in [3.05, 3.63) is 12.3 Å². The van der Waals surface area contributed by atoms with Gasteiger partial charge in [0.05, 0.1) is 5.70 Å². The van der Waals surface area contributed by atoms with E-state index in [1.165, 1.54) is 13.8 Å². The summed E-state index contributed by atoms with van der Waals surface area (Å²) in [4.78, 5) is 20.6. The maximum absolute atomic E-state index is 10.4. The number of ketones is 1. The Kier molecular flexibility index (Phi) is 2.64. The van der Waals surface area contributed by atoms with Gasteiger partial charge in [-0.15, -0.1) is 0 Å². The second kappa shape index (κ2) is 3.02. The molecule has 0 unspecified atom stereocenters. The highest BCUT2D eigenvalue weighted by Gasteiger charge is 1.99. The zero-order valence-electron chi connectivity index (χ0n) is 5.52. The number of carbonyl (C=O) groups excluding carboxylic acids is 2. The van der Waals surface area contributed by atoms with Gasteiger partial charge >= 0.3 is 0 Å². The van der Waals surface area contributed by atoms with Gasteiger partial charge in [0.25, 0.3) is 0 Å². The number of hydrogen-bond donors (Lipinski definition) is 1. The van der Waals surface area contributed by atoms with E-state index in [2.05, 4.69) is 11.9 Å². The Morgan fingerprint density at radius 3 is 1.89 bits per heavy atom. The quantitative estimate of drug-likeness (QED) is 0.539. The second-order valence-electron chi connectivity index (χ2n) is 1.72. The molecule has 0 fully saturated rings. The molecule has 3 heteroatoms. The highest BCUT2D eigenvalue weighted by molar-refractivity contribution is 5.96. The van der Waals surface area contributed by atoms with E-state index in [0.29, 0.717) is 0 Å². The minimum atomic E-state index is -0.268. The summed E-state index contributed by atoms with van der Waals surface area (Å²) < 4.78 is 0. The van der Waals surface area contributed by atoms with E-state index in [9.17, 15) is 9.59 Å². The third-order valence-electron chi connectivity index (χ3n) is 0.752. The van der Waals surface area contributed by atoms with Crippen molar-refractivity contribution in [2.24, 2.45) is 0 Å². The Hall–Kier alpha value is -1.12. The normalized spacial score (nSPS) is 8.22. The summed E-state index contributed by atoms with van der Waals surface area (Å²) in [7, 11) is 0. The Morgan fingerprint density at radius 2 is 1.78 bits per heavy atom. The fourth-order valence-electron chi connectivity index (χ4n) is 0.301. The van der Waals surface area contributed by atoms with Gasteiger partial charge in [-0.25, -0.2) is 0 Å². The summed E-state index contributed by atoms with van der Waals surface area (Å²) in [5.41, 5.74) is 0.141. The van der Waals surface area contributed by atoms with E-state index in [4.69, 9.17) is 0 Å². The molecule has 1 amide bonds. The predicted molar refractivity (Wildman–Crippen MR) is 33.6 cm³/mol. The summed E-state index contributed by atoms with van der Waals surface area (Å²) in [6.45, 7) is 5.99. The van der Waals surface area contributed by atoms with Gasteiger partial charge < -0.3 is 5.32 Å². The number of rotatable bonds is 2. The maximum Gasteiger partial charge on any atom is 0.221 e. The fraction of sp³-hybridized carbons (Fsp3) is 0.333. The molecule has 0 aromatic rings. The SMILES string of the molecule is C=C(NC(C)=O)C(C)=O. The zero-order valence-corrected chi connectivity index (χ0v) is 5.52. The van der Waals surface area contributed by atoms with Crippen molar-refractivity contribution < 1.29 is 9.59 Å². The summed E-state index contributed by atoms with van der Waals surface area (Å²) in [5, 5.41) is 2.26. The van der Waals surface area contributed by atoms with Crippen molar-refractivity contribution in [3.63, 3.8) is 0 Å². The fourth-order valence-corrected chi connectivity index (χ4v) is 0.301. The first-order valence-corrected chi connectivity index (χ1v) is 2.51.